The van der Waals surface area contributed by atoms with Crippen molar-refractivity contribution < 1.29 is 9.21 Å². The minimum atomic E-state index is -0.133. The molecule has 0 bridgehead atoms. The average Bonchev–Trinajstić information content (AvgIpc) is 2.95. The van der Waals surface area contributed by atoms with Gasteiger partial charge in [-0.15, -0.1) is 11.3 Å². The quantitative estimate of drug-likeness (QED) is 0.879. The summed E-state index contributed by atoms with van der Waals surface area (Å²) in [5.74, 6) is 0.508. The van der Waals surface area contributed by atoms with Crippen molar-refractivity contribution >= 4 is 39.2 Å². The summed E-state index contributed by atoms with van der Waals surface area (Å²) >= 11 is 4.82. The van der Waals surface area contributed by atoms with Crippen LogP contribution in [0.15, 0.2) is 44.8 Å². The molecular weight excluding hydrogens is 302 g/mol. The molecule has 3 nitrogen and oxygen atoms in total. The summed E-state index contributed by atoms with van der Waals surface area (Å²) in [7, 11) is 0. The van der Waals surface area contributed by atoms with E-state index in [9.17, 15) is 4.79 Å². The summed E-state index contributed by atoms with van der Waals surface area (Å²) < 4.78 is 5.89. The zero-order valence-electron chi connectivity index (χ0n) is 8.85. The van der Waals surface area contributed by atoms with Crippen LogP contribution >= 0.6 is 27.3 Å². The van der Waals surface area contributed by atoms with Gasteiger partial charge in [0.1, 0.15) is 5.76 Å². The molecule has 2 aromatic rings. The largest absolute Gasteiger partial charge is 0.450 e. The minimum absolute atomic E-state index is 0.133. The highest BCUT2D eigenvalue weighted by Gasteiger charge is 1.99. The number of carbonyl (C=O) groups excluding carboxylic acids is 1. The summed E-state index contributed by atoms with van der Waals surface area (Å²) in [6.45, 7) is 0.558. The molecule has 0 unspecified atom stereocenters. The highest BCUT2D eigenvalue weighted by atomic mass is 79.9. The molecule has 88 valence electrons. The summed E-state index contributed by atoms with van der Waals surface area (Å²) in [6.07, 6.45) is 3.09. The van der Waals surface area contributed by atoms with Crippen molar-refractivity contribution in [3.05, 3.63) is 51.0 Å². The molecule has 2 heterocycles. The SMILES string of the molecule is O=C(C=Cc1ccc(Br)o1)NCc1cccs1. The summed E-state index contributed by atoms with van der Waals surface area (Å²) in [6, 6.07) is 7.51. The summed E-state index contributed by atoms with van der Waals surface area (Å²) in [5.41, 5.74) is 0. The van der Waals surface area contributed by atoms with Gasteiger partial charge in [-0.05, 0) is 45.6 Å². The van der Waals surface area contributed by atoms with Crippen molar-refractivity contribution in [2.75, 3.05) is 0 Å². The van der Waals surface area contributed by atoms with Gasteiger partial charge in [0.05, 0.1) is 6.54 Å². The Labute approximate surface area is 111 Å². The molecule has 1 amide bonds. The second-order valence-corrected chi connectivity index (χ2v) is 5.09. The Bertz CT molecular complexity index is 516. The van der Waals surface area contributed by atoms with E-state index in [-0.39, 0.29) is 5.91 Å². The number of amides is 1. The van der Waals surface area contributed by atoms with Crippen LogP contribution in [0.3, 0.4) is 0 Å². The van der Waals surface area contributed by atoms with Gasteiger partial charge in [0.2, 0.25) is 5.91 Å². The maximum atomic E-state index is 11.5. The molecule has 2 aromatic heterocycles. The Kier molecular flexibility index (Phi) is 4.17. The van der Waals surface area contributed by atoms with E-state index in [1.54, 1.807) is 29.5 Å². The van der Waals surface area contributed by atoms with E-state index in [1.807, 2.05) is 17.5 Å². The standard InChI is InChI=1S/C12H10BrNO2S/c13-11-5-3-9(16-11)4-6-12(15)14-8-10-2-1-7-17-10/h1-7H,8H2,(H,14,15). The molecule has 0 aliphatic heterocycles. The lowest BCUT2D eigenvalue weighted by molar-refractivity contribution is -0.116. The molecule has 0 radical (unpaired) electrons. The van der Waals surface area contributed by atoms with Gasteiger partial charge in [-0.2, -0.15) is 0 Å². The third kappa shape index (κ3) is 3.87. The van der Waals surface area contributed by atoms with Crippen LogP contribution in [0.25, 0.3) is 6.08 Å². The van der Waals surface area contributed by atoms with Gasteiger partial charge in [-0.3, -0.25) is 4.79 Å². The van der Waals surface area contributed by atoms with E-state index in [1.165, 1.54) is 6.08 Å². The van der Waals surface area contributed by atoms with Gasteiger partial charge in [0.15, 0.2) is 4.67 Å². The van der Waals surface area contributed by atoms with Crippen LogP contribution in [-0.4, -0.2) is 5.91 Å². The van der Waals surface area contributed by atoms with Gasteiger partial charge in [0, 0.05) is 11.0 Å². The average molecular weight is 312 g/mol. The first-order valence-corrected chi connectivity index (χ1v) is 6.65. The molecule has 2 rings (SSSR count). The normalized spacial score (nSPS) is 10.9. The van der Waals surface area contributed by atoms with Crippen LogP contribution in [0.1, 0.15) is 10.6 Å². The Morgan fingerprint density at radius 2 is 2.35 bits per heavy atom. The first-order valence-electron chi connectivity index (χ1n) is 4.97. The lowest BCUT2D eigenvalue weighted by atomic mass is 10.4. The van der Waals surface area contributed by atoms with Gasteiger partial charge < -0.3 is 9.73 Å². The van der Waals surface area contributed by atoms with E-state index >= 15 is 0 Å². The van der Waals surface area contributed by atoms with Crippen LogP contribution in [0.4, 0.5) is 0 Å². The molecule has 0 spiro atoms. The van der Waals surface area contributed by atoms with Gasteiger partial charge in [0.25, 0.3) is 0 Å². The lowest BCUT2D eigenvalue weighted by Gasteiger charge is -1.98. The maximum absolute atomic E-state index is 11.5. The molecule has 1 N–H and O–H groups in total. The zero-order valence-corrected chi connectivity index (χ0v) is 11.3. The number of nitrogens with one attached hydrogen (secondary N) is 1. The van der Waals surface area contributed by atoms with Gasteiger partial charge in [-0.25, -0.2) is 0 Å². The van der Waals surface area contributed by atoms with Crippen molar-refractivity contribution in [3.8, 4) is 0 Å². The summed E-state index contributed by atoms with van der Waals surface area (Å²) in [5, 5.41) is 4.78. The molecule has 0 saturated carbocycles. The van der Waals surface area contributed by atoms with Crippen molar-refractivity contribution in [1.82, 2.24) is 5.32 Å². The van der Waals surface area contributed by atoms with E-state index in [0.717, 1.165) is 4.88 Å². The van der Waals surface area contributed by atoms with E-state index < -0.39 is 0 Å². The predicted molar refractivity (Wildman–Crippen MR) is 71.6 cm³/mol. The van der Waals surface area contributed by atoms with E-state index in [0.29, 0.717) is 17.0 Å². The molecule has 0 atom stereocenters. The Morgan fingerprint density at radius 1 is 1.47 bits per heavy atom. The molecular formula is C12H10BrNO2S. The Morgan fingerprint density at radius 3 is 3.00 bits per heavy atom. The molecule has 0 aliphatic carbocycles. The van der Waals surface area contributed by atoms with Crippen molar-refractivity contribution in [3.63, 3.8) is 0 Å². The van der Waals surface area contributed by atoms with Crippen LogP contribution in [0.2, 0.25) is 0 Å². The van der Waals surface area contributed by atoms with Gasteiger partial charge >= 0.3 is 0 Å². The first kappa shape index (κ1) is 12.1. The highest BCUT2D eigenvalue weighted by molar-refractivity contribution is 9.10. The predicted octanol–water partition coefficient (Wildman–Crippen LogP) is 3.43. The highest BCUT2D eigenvalue weighted by Crippen LogP contribution is 2.14. The zero-order chi connectivity index (χ0) is 12.1. The number of carbonyl (C=O) groups is 1. The number of thiophene rings is 1. The van der Waals surface area contributed by atoms with Crippen LogP contribution in [0.5, 0.6) is 0 Å². The molecule has 0 aliphatic rings. The number of hydrogen-bond acceptors (Lipinski definition) is 3. The molecule has 17 heavy (non-hydrogen) atoms. The second kappa shape index (κ2) is 5.84. The van der Waals surface area contributed by atoms with Crippen molar-refractivity contribution in [2.24, 2.45) is 0 Å². The number of furan rings is 1. The smallest absolute Gasteiger partial charge is 0.244 e. The van der Waals surface area contributed by atoms with Crippen molar-refractivity contribution in [1.29, 1.82) is 0 Å². The van der Waals surface area contributed by atoms with Crippen LogP contribution in [0, 0.1) is 0 Å². The number of rotatable bonds is 4. The molecule has 0 fully saturated rings. The number of halogens is 1. The second-order valence-electron chi connectivity index (χ2n) is 3.27. The summed E-state index contributed by atoms with van der Waals surface area (Å²) in [4.78, 5) is 12.6. The van der Waals surface area contributed by atoms with Crippen LogP contribution < -0.4 is 5.32 Å². The fourth-order valence-electron chi connectivity index (χ4n) is 1.22. The topological polar surface area (TPSA) is 42.2 Å². The van der Waals surface area contributed by atoms with E-state index in [2.05, 4.69) is 21.2 Å². The number of hydrogen-bond donors (Lipinski definition) is 1. The first-order chi connectivity index (χ1) is 8.24. The fraction of sp³-hybridized carbons (Fsp3) is 0.0833. The van der Waals surface area contributed by atoms with Crippen molar-refractivity contribution in [2.45, 2.75) is 6.54 Å². The Hall–Kier alpha value is -1.33. The maximum Gasteiger partial charge on any atom is 0.244 e. The fourth-order valence-corrected chi connectivity index (χ4v) is 2.19. The Balaban J connectivity index is 1.83. The molecule has 0 aromatic carbocycles. The monoisotopic (exact) mass is 311 g/mol. The molecule has 0 saturated heterocycles. The van der Waals surface area contributed by atoms with Gasteiger partial charge in [-0.1, -0.05) is 6.07 Å². The molecule has 5 heteroatoms. The third-order valence-corrected chi connectivity index (χ3v) is 3.31. The van der Waals surface area contributed by atoms with E-state index in [4.69, 9.17) is 4.42 Å². The third-order valence-electron chi connectivity index (χ3n) is 2.01. The van der Waals surface area contributed by atoms with Crippen LogP contribution in [-0.2, 0) is 11.3 Å². The lowest BCUT2D eigenvalue weighted by Crippen LogP contribution is -2.19. The minimum Gasteiger partial charge on any atom is -0.450 e.